The van der Waals surface area contributed by atoms with Crippen LogP contribution in [-0.2, 0) is 40.5 Å². The van der Waals surface area contributed by atoms with Gasteiger partial charge in [0.2, 0.25) is 10.0 Å². The molecule has 1 heterocycles. The fourth-order valence-electron chi connectivity index (χ4n) is 3.88. The second-order valence-corrected chi connectivity index (χ2v) is 10.6. The van der Waals surface area contributed by atoms with E-state index in [2.05, 4.69) is 4.98 Å². The molecule has 196 valence electrons. The summed E-state index contributed by atoms with van der Waals surface area (Å²) in [6, 6.07) is 21.2. The van der Waals surface area contributed by atoms with Crippen LogP contribution in [0.15, 0.2) is 102 Å². The lowest BCUT2D eigenvalue weighted by Gasteiger charge is -2.23. The van der Waals surface area contributed by atoms with E-state index in [0.717, 1.165) is 35.4 Å². The number of halogens is 3. The van der Waals surface area contributed by atoms with Crippen LogP contribution in [0.4, 0.5) is 13.2 Å². The van der Waals surface area contributed by atoms with Crippen molar-refractivity contribution in [1.29, 1.82) is 0 Å². The van der Waals surface area contributed by atoms with Crippen molar-refractivity contribution in [3.8, 4) is 11.1 Å². The smallest absolute Gasteiger partial charge is 0.416 e. The maximum atomic E-state index is 13.5. The Labute approximate surface area is 218 Å². The van der Waals surface area contributed by atoms with Gasteiger partial charge in [0.1, 0.15) is 0 Å². The third-order valence-electron chi connectivity index (χ3n) is 5.86. The van der Waals surface area contributed by atoms with Crippen LogP contribution in [0.3, 0.4) is 0 Å². The summed E-state index contributed by atoms with van der Waals surface area (Å²) in [7, 11) is -4.15. The number of benzene rings is 3. The van der Waals surface area contributed by atoms with E-state index in [4.69, 9.17) is 5.11 Å². The summed E-state index contributed by atoms with van der Waals surface area (Å²) in [4.78, 5) is 14.7. The molecule has 0 aliphatic heterocycles. The molecule has 0 spiro atoms. The average Bonchev–Trinajstić information content (AvgIpc) is 2.89. The number of nitrogens with zero attached hydrogens (tertiary/aromatic N) is 2. The highest BCUT2D eigenvalue weighted by Gasteiger charge is 2.32. The lowest BCUT2D eigenvalue weighted by atomic mass is 10.0. The zero-order chi connectivity index (χ0) is 27.3. The van der Waals surface area contributed by atoms with E-state index in [1.54, 1.807) is 42.6 Å². The molecule has 4 rings (SSSR count). The molecular weight excluding hydrogens is 517 g/mol. The minimum atomic E-state index is -4.57. The fourth-order valence-corrected chi connectivity index (χ4v) is 5.30. The average molecular weight is 541 g/mol. The van der Waals surface area contributed by atoms with Gasteiger partial charge in [0.15, 0.2) is 0 Å². The summed E-state index contributed by atoms with van der Waals surface area (Å²) in [5.41, 5.74) is 2.78. The Bertz CT molecular complexity index is 1490. The largest absolute Gasteiger partial charge is 0.481 e. The highest BCUT2D eigenvalue weighted by molar-refractivity contribution is 7.89. The number of aliphatic carboxylic acids is 1. The maximum absolute atomic E-state index is 13.5. The maximum Gasteiger partial charge on any atom is 0.416 e. The number of sulfonamides is 1. The second kappa shape index (κ2) is 11.2. The topological polar surface area (TPSA) is 87.6 Å². The minimum absolute atomic E-state index is 0.0178. The van der Waals surface area contributed by atoms with Crippen molar-refractivity contribution in [1.82, 2.24) is 9.29 Å². The van der Waals surface area contributed by atoms with E-state index in [-0.39, 0.29) is 24.4 Å². The van der Waals surface area contributed by atoms with E-state index in [9.17, 15) is 26.4 Å². The number of carbonyl (C=O) groups is 1. The highest BCUT2D eigenvalue weighted by atomic mass is 32.2. The zero-order valence-corrected chi connectivity index (χ0v) is 20.8. The Balaban J connectivity index is 1.59. The molecule has 0 atom stereocenters. The predicted octanol–water partition coefficient (Wildman–Crippen LogP) is 5.79. The Morgan fingerprint density at radius 1 is 0.789 bits per heavy atom. The van der Waals surface area contributed by atoms with Crippen LogP contribution in [0, 0.1) is 0 Å². The molecule has 0 aliphatic carbocycles. The lowest BCUT2D eigenvalue weighted by molar-refractivity contribution is -0.138. The molecule has 0 unspecified atom stereocenters. The first-order valence-electron chi connectivity index (χ1n) is 11.5. The normalized spacial score (nSPS) is 12.0. The summed E-state index contributed by atoms with van der Waals surface area (Å²) < 4.78 is 67.1. The van der Waals surface area contributed by atoms with Crippen LogP contribution in [0.5, 0.6) is 0 Å². The number of aromatic nitrogens is 1. The van der Waals surface area contributed by atoms with Gasteiger partial charge in [0, 0.05) is 25.5 Å². The molecule has 1 N–H and O–H groups in total. The molecular formula is C28H23F3N2O4S. The van der Waals surface area contributed by atoms with Crippen LogP contribution >= 0.6 is 0 Å². The van der Waals surface area contributed by atoms with Crippen LogP contribution in [0.25, 0.3) is 11.1 Å². The third-order valence-corrected chi connectivity index (χ3v) is 7.66. The van der Waals surface area contributed by atoms with Crippen molar-refractivity contribution in [2.45, 2.75) is 30.6 Å². The van der Waals surface area contributed by atoms with Crippen molar-refractivity contribution in [3.63, 3.8) is 0 Å². The summed E-state index contributed by atoms with van der Waals surface area (Å²) in [5, 5.41) is 8.93. The van der Waals surface area contributed by atoms with Crippen LogP contribution in [-0.4, -0.2) is 28.8 Å². The number of carboxylic acid groups (broad SMARTS) is 1. The Morgan fingerprint density at radius 2 is 1.34 bits per heavy atom. The van der Waals surface area contributed by atoms with Crippen molar-refractivity contribution < 1.29 is 31.5 Å². The second-order valence-electron chi connectivity index (χ2n) is 8.62. The summed E-state index contributed by atoms with van der Waals surface area (Å²) in [6.45, 7) is -0.0416. The van der Waals surface area contributed by atoms with Crippen molar-refractivity contribution >= 4 is 16.0 Å². The van der Waals surface area contributed by atoms with Crippen LogP contribution in [0.1, 0.15) is 22.3 Å². The molecule has 0 fully saturated rings. The van der Waals surface area contributed by atoms with E-state index < -0.39 is 27.7 Å². The molecule has 0 saturated carbocycles. The molecule has 4 aromatic rings. The van der Waals surface area contributed by atoms with Crippen molar-refractivity contribution in [2.24, 2.45) is 0 Å². The number of hydrogen-bond donors (Lipinski definition) is 1. The molecule has 0 radical (unpaired) electrons. The molecule has 0 amide bonds. The monoisotopic (exact) mass is 540 g/mol. The first-order valence-corrected chi connectivity index (χ1v) is 12.9. The van der Waals surface area contributed by atoms with E-state index in [0.29, 0.717) is 16.7 Å². The minimum Gasteiger partial charge on any atom is -0.481 e. The zero-order valence-electron chi connectivity index (χ0n) is 20.0. The van der Waals surface area contributed by atoms with Gasteiger partial charge in [-0.1, -0.05) is 54.6 Å². The lowest BCUT2D eigenvalue weighted by Crippen LogP contribution is -2.30. The Hall–Kier alpha value is -4.02. The van der Waals surface area contributed by atoms with Gasteiger partial charge in [-0.2, -0.15) is 17.5 Å². The standard InChI is InChI=1S/C28H23F3N2O4S/c29-28(30,31)25-11-13-26(14-12-25)38(36,37)33(19-22-2-1-15-32-17-22)18-21-5-9-24(10-6-21)23-7-3-20(4-8-23)16-27(34)35/h1-15,17H,16,18-19H2,(H,34,35). The number of carboxylic acids is 1. The van der Waals surface area contributed by atoms with Crippen LogP contribution in [0.2, 0.25) is 0 Å². The van der Waals surface area contributed by atoms with E-state index in [1.165, 1.54) is 10.5 Å². The van der Waals surface area contributed by atoms with Gasteiger partial charge in [0.25, 0.3) is 0 Å². The quantitative estimate of drug-likeness (QED) is 0.291. The summed E-state index contributed by atoms with van der Waals surface area (Å²) in [5.74, 6) is -0.913. The molecule has 0 aliphatic rings. The first-order chi connectivity index (χ1) is 18.0. The molecule has 6 nitrogen and oxygen atoms in total. The van der Waals surface area contributed by atoms with Gasteiger partial charge in [-0.25, -0.2) is 8.42 Å². The first kappa shape index (κ1) is 27.0. The van der Waals surface area contributed by atoms with Gasteiger partial charge in [-0.15, -0.1) is 0 Å². The number of pyridine rings is 1. The number of rotatable bonds is 9. The van der Waals surface area contributed by atoms with Crippen molar-refractivity contribution in [3.05, 3.63) is 120 Å². The molecule has 1 aromatic heterocycles. The Kier molecular flexibility index (Phi) is 7.94. The van der Waals surface area contributed by atoms with Gasteiger partial charge in [-0.3, -0.25) is 9.78 Å². The van der Waals surface area contributed by atoms with E-state index >= 15 is 0 Å². The molecule has 3 aromatic carbocycles. The predicted molar refractivity (Wildman–Crippen MR) is 135 cm³/mol. The highest BCUT2D eigenvalue weighted by Crippen LogP contribution is 2.31. The van der Waals surface area contributed by atoms with Gasteiger partial charge in [-0.05, 0) is 58.1 Å². The fraction of sp³-hybridized carbons (Fsp3) is 0.143. The molecule has 0 bridgehead atoms. The molecule has 38 heavy (non-hydrogen) atoms. The van der Waals surface area contributed by atoms with Crippen molar-refractivity contribution in [2.75, 3.05) is 0 Å². The van der Waals surface area contributed by atoms with Crippen LogP contribution < -0.4 is 0 Å². The molecule has 10 heteroatoms. The SMILES string of the molecule is O=C(O)Cc1ccc(-c2ccc(CN(Cc3cccnc3)S(=O)(=O)c3ccc(C(F)(F)F)cc3)cc2)cc1. The van der Waals surface area contributed by atoms with Gasteiger partial charge >= 0.3 is 12.1 Å². The third kappa shape index (κ3) is 6.64. The molecule has 0 saturated heterocycles. The Morgan fingerprint density at radius 3 is 1.84 bits per heavy atom. The van der Waals surface area contributed by atoms with E-state index in [1.807, 2.05) is 24.3 Å². The van der Waals surface area contributed by atoms with Gasteiger partial charge < -0.3 is 5.11 Å². The summed E-state index contributed by atoms with van der Waals surface area (Å²) in [6.07, 6.45) is -1.55. The summed E-state index contributed by atoms with van der Waals surface area (Å²) >= 11 is 0. The number of hydrogen-bond acceptors (Lipinski definition) is 4. The van der Waals surface area contributed by atoms with Gasteiger partial charge in [0.05, 0.1) is 16.9 Å². The number of alkyl halides is 3.